The Morgan fingerprint density at radius 1 is 1.50 bits per heavy atom. The summed E-state index contributed by atoms with van der Waals surface area (Å²) < 4.78 is 4.65. The Balaban J connectivity index is 1.89. The van der Waals surface area contributed by atoms with Crippen LogP contribution in [0.25, 0.3) is 0 Å². The Bertz CT molecular complexity index is 435. The average Bonchev–Trinajstić information content (AvgIpc) is 2.87. The Labute approximate surface area is 105 Å². The third-order valence-corrected chi connectivity index (χ3v) is 2.85. The molecule has 1 fully saturated rings. The minimum atomic E-state index is -0.343. The molecule has 2 N–H and O–H groups in total. The summed E-state index contributed by atoms with van der Waals surface area (Å²) in [6, 6.07) is 4.73. The number of hydrogen-bond donors (Lipinski definition) is 2. The van der Waals surface area contributed by atoms with Crippen molar-refractivity contribution in [3.05, 3.63) is 30.1 Å². The highest BCUT2D eigenvalue weighted by Crippen LogP contribution is 2.08. The first-order valence-corrected chi connectivity index (χ1v) is 5.74. The van der Waals surface area contributed by atoms with Gasteiger partial charge in [-0.15, -0.1) is 0 Å². The van der Waals surface area contributed by atoms with Crippen LogP contribution in [0.2, 0.25) is 0 Å². The van der Waals surface area contributed by atoms with Gasteiger partial charge in [0.25, 0.3) is 5.91 Å². The molecule has 18 heavy (non-hydrogen) atoms. The zero-order valence-electron chi connectivity index (χ0n) is 10.1. The van der Waals surface area contributed by atoms with Crippen LogP contribution in [0.15, 0.2) is 24.4 Å². The van der Waals surface area contributed by atoms with Gasteiger partial charge in [-0.25, -0.2) is 0 Å². The number of carbonyl (C=O) groups is 2. The van der Waals surface area contributed by atoms with Crippen LogP contribution in [0.4, 0.5) is 0 Å². The van der Waals surface area contributed by atoms with Crippen LogP contribution in [-0.4, -0.2) is 42.6 Å². The molecular weight excluding hydrogens is 234 g/mol. The minimum Gasteiger partial charge on any atom is -0.468 e. The van der Waals surface area contributed by atoms with Gasteiger partial charge in [0.1, 0.15) is 11.7 Å². The fourth-order valence-electron chi connectivity index (χ4n) is 1.92. The highest BCUT2D eigenvalue weighted by Gasteiger charge is 2.31. The Kier molecular flexibility index (Phi) is 3.88. The number of nitrogens with zero attached hydrogens (tertiary/aromatic N) is 1. The van der Waals surface area contributed by atoms with E-state index in [-0.39, 0.29) is 24.0 Å². The van der Waals surface area contributed by atoms with E-state index in [1.165, 1.54) is 7.11 Å². The average molecular weight is 249 g/mol. The molecule has 0 aliphatic carbocycles. The molecule has 0 radical (unpaired) electrons. The van der Waals surface area contributed by atoms with Gasteiger partial charge in [-0.1, -0.05) is 6.07 Å². The molecule has 6 nitrogen and oxygen atoms in total. The van der Waals surface area contributed by atoms with Gasteiger partial charge in [-0.2, -0.15) is 0 Å². The maximum atomic E-state index is 11.8. The number of ether oxygens (including phenoxy) is 1. The summed E-state index contributed by atoms with van der Waals surface area (Å²) >= 11 is 0. The highest BCUT2D eigenvalue weighted by atomic mass is 16.5. The summed E-state index contributed by atoms with van der Waals surface area (Å²) in [6.45, 7) is 0.554. The second-order valence-electron chi connectivity index (χ2n) is 4.11. The standard InChI is InChI=1S/C12H15N3O3/c1-18-12(17)10-6-8(7-14-10)15-11(16)9-4-2-3-5-13-9/h2-5,8,10,14H,6-7H2,1H3,(H,15,16)/t8-,10+/m1/s1. The summed E-state index contributed by atoms with van der Waals surface area (Å²) in [5, 5.41) is 5.84. The molecule has 1 aliphatic heterocycles. The number of hydrogen-bond acceptors (Lipinski definition) is 5. The summed E-state index contributed by atoms with van der Waals surface area (Å²) in [5.41, 5.74) is 0.374. The molecular formula is C12H15N3O3. The summed E-state index contributed by atoms with van der Waals surface area (Å²) in [6.07, 6.45) is 2.10. The largest absolute Gasteiger partial charge is 0.468 e. The van der Waals surface area contributed by atoms with Crippen LogP contribution in [0, 0.1) is 0 Å². The number of amides is 1. The van der Waals surface area contributed by atoms with Crippen molar-refractivity contribution in [3.8, 4) is 0 Å². The minimum absolute atomic E-state index is 0.0800. The molecule has 2 rings (SSSR count). The molecule has 1 aromatic rings. The monoisotopic (exact) mass is 249 g/mol. The smallest absolute Gasteiger partial charge is 0.322 e. The Morgan fingerprint density at radius 3 is 3.00 bits per heavy atom. The number of nitrogens with one attached hydrogen (secondary N) is 2. The zero-order valence-corrected chi connectivity index (χ0v) is 10.1. The second-order valence-corrected chi connectivity index (χ2v) is 4.11. The van der Waals surface area contributed by atoms with Crippen LogP contribution < -0.4 is 10.6 Å². The van der Waals surface area contributed by atoms with E-state index in [2.05, 4.69) is 20.4 Å². The quantitative estimate of drug-likeness (QED) is 0.720. The van der Waals surface area contributed by atoms with E-state index in [4.69, 9.17) is 0 Å². The first-order chi connectivity index (χ1) is 8.70. The number of carbonyl (C=O) groups excluding carboxylic acids is 2. The van der Waals surface area contributed by atoms with Crippen molar-refractivity contribution in [2.24, 2.45) is 0 Å². The predicted molar refractivity (Wildman–Crippen MR) is 63.9 cm³/mol. The number of aromatic nitrogens is 1. The second kappa shape index (κ2) is 5.59. The third kappa shape index (κ3) is 2.84. The molecule has 0 bridgehead atoms. The molecule has 1 aromatic heterocycles. The lowest BCUT2D eigenvalue weighted by molar-refractivity contribution is -0.142. The molecule has 1 aliphatic rings. The number of pyridine rings is 1. The van der Waals surface area contributed by atoms with Crippen molar-refractivity contribution in [1.82, 2.24) is 15.6 Å². The molecule has 6 heteroatoms. The van der Waals surface area contributed by atoms with Gasteiger partial charge in [0.05, 0.1) is 7.11 Å². The summed E-state index contributed by atoms with van der Waals surface area (Å²) in [4.78, 5) is 27.1. The van der Waals surface area contributed by atoms with Gasteiger partial charge < -0.3 is 15.4 Å². The van der Waals surface area contributed by atoms with Crippen LogP contribution in [-0.2, 0) is 9.53 Å². The van der Waals surface area contributed by atoms with Gasteiger partial charge in [-0.3, -0.25) is 14.6 Å². The zero-order chi connectivity index (χ0) is 13.0. The number of esters is 1. The lowest BCUT2D eigenvalue weighted by atomic mass is 10.1. The molecule has 0 saturated carbocycles. The van der Waals surface area contributed by atoms with Gasteiger partial charge in [0.15, 0.2) is 0 Å². The van der Waals surface area contributed by atoms with E-state index in [0.717, 1.165) is 0 Å². The van der Waals surface area contributed by atoms with Crippen molar-refractivity contribution >= 4 is 11.9 Å². The van der Waals surface area contributed by atoms with Gasteiger partial charge in [0.2, 0.25) is 0 Å². The van der Waals surface area contributed by atoms with Crippen LogP contribution in [0.1, 0.15) is 16.9 Å². The topological polar surface area (TPSA) is 80.3 Å². The van der Waals surface area contributed by atoms with Crippen molar-refractivity contribution in [3.63, 3.8) is 0 Å². The van der Waals surface area contributed by atoms with Gasteiger partial charge in [-0.05, 0) is 18.6 Å². The Hall–Kier alpha value is -1.95. The molecule has 0 unspecified atom stereocenters. The van der Waals surface area contributed by atoms with Gasteiger partial charge in [0, 0.05) is 18.8 Å². The fourth-order valence-corrected chi connectivity index (χ4v) is 1.92. The van der Waals surface area contributed by atoms with E-state index in [9.17, 15) is 9.59 Å². The lowest BCUT2D eigenvalue weighted by Crippen LogP contribution is -2.36. The van der Waals surface area contributed by atoms with E-state index in [0.29, 0.717) is 18.7 Å². The highest BCUT2D eigenvalue weighted by molar-refractivity contribution is 5.92. The van der Waals surface area contributed by atoms with E-state index >= 15 is 0 Å². The van der Waals surface area contributed by atoms with Crippen LogP contribution >= 0.6 is 0 Å². The first-order valence-electron chi connectivity index (χ1n) is 5.74. The number of methoxy groups -OCH3 is 1. The first kappa shape index (κ1) is 12.5. The van der Waals surface area contributed by atoms with E-state index in [1.54, 1.807) is 24.4 Å². The van der Waals surface area contributed by atoms with Crippen LogP contribution in [0.3, 0.4) is 0 Å². The lowest BCUT2D eigenvalue weighted by Gasteiger charge is -2.11. The normalized spacial score (nSPS) is 22.5. The molecule has 2 atom stereocenters. The maximum absolute atomic E-state index is 11.8. The van der Waals surface area contributed by atoms with Crippen molar-refractivity contribution < 1.29 is 14.3 Å². The fraction of sp³-hybridized carbons (Fsp3) is 0.417. The molecule has 0 aromatic carbocycles. The molecule has 1 amide bonds. The van der Waals surface area contributed by atoms with E-state index < -0.39 is 0 Å². The third-order valence-electron chi connectivity index (χ3n) is 2.85. The molecule has 2 heterocycles. The molecule has 96 valence electrons. The van der Waals surface area contributed by atoms with Crippen molar-refractivity contribution in [2.45, 2.75) is 18.5 Å². The molecule has 0 spiro atoms. The predicted octanol–water partition coefficient (Wildman–Crippen LogP) is -0.285. The van der Waals surface area contributed by atoms with E-state index in [1.807, 2.05) is 0 Å². The summed E-state index contributed by atoms with van der Waals surface area (Å²) in [5.74, 6) is -0.530. The van der Waals surface area contributed by atoms with Crippen molar-refractivity contribution in [1.29, 1.82) is 0 Å². The molecule has 1 saturated heterocycles. The number of rotatable bonds is 3. The van der Waals surface area contributed by atoms with Crippen molar-refractivity contribution in [2.75, 3.05) is 13.7 Å². The van der Waals surface area contributed by atoms with Crippen LogP contribution in [0.5, 0.6) is 0 Å². The SMILES string of the molecule is COC(=O)[C@@H]1C[C@@H](NC(=O)c2ccccn2)CN1. The summed E-state index contributed by atoms with van der Waals surface area (Å²) in [7, 11) is 1.35. The Morgan fingerprint density at radius 2 is 2.33 bits per heavy atom. The van der Waals surface area contributed by atoms with Gasteiger partial charge >= 0.3 is 5.97 Å². The maximum Gasteiger partial charge on any atom is 0.322 e.